The molecule has 3 nitrogen and oxygen atoms in total. The Morgan fingerprint density at radius 3 is 1.65 bits per heavy atom. The van der Waals surface area contributed by atoms with Crippen molar-refractivity contribution in [2.24, 2.45) is 0 Å². The van der Waals surface area contributed by atoms with E-state index in [2.05, 4.69) is 148 Å². The fourth-order valence-corrected chi connectivity index (χ4v) is 10.6. The second-order valence-corrected chi connectivity index (χ2v) is 15.3. The molecule has 1 saturated heterocycles. The molecule has 0 N–H and O–H groups in total. The molecule has 4 aromatic carbocycles. The van der Waals surface area contributed by atoms with Crippen LogP contribution in [0.3, 0.4) is 0 Å². The SMILES string of the molecule is CC1(C)OB(c2cccc([Si](c3ccccc3)(c3ccccc3)c3cccc(-c4cccnc4)c3)c2)OC1(C)C. The Bertz CT molecular complexity index is 1550. The zero-order chi connectivity index (χ0) is 27.8. The Morgan fingerprint density at radius 1 is 0.550 bits per heavy atom. The maximum Gasteiger partial charge on any atom is 0.494 e. The van der Waals surface area contributed by atoms with Gasteiger partial charge in [-0.2, -0.15) is 0 Å². The molecule has 0 atom stereocenters. The number of nitrogens with zero attached hydrogens (tertiary/aromatic N) is 1. The first-order valence-corrected chi connectivity index (χ1v) is 15.9. The fourth-order valence-electron chi connectivity index (χ4n) is 5.74. The smallest absolute Gasteiger partial charge is 0.399 e. The van der Waals surface area contributed by atoms with E-state index in [9.17, 15) is 0 Å². The molecule has 0 aliphatic carbocycles. The summed E-state index contributed by atoms with van der Waals surface area (Å²) in [7, 11) is -3.18. The number of rotatable bonds is 6. The average molecular weight is 540 g/mol. The number of benzene rings is 4. The summed E-state index contributed by atoms with van der Waals surface area (Å²) >= 11 is 0. The highest BCUT2D eigenvalue weighted by atomic mass is 28.3. The van der Waals surface area contributed by atoms with E-state index in [1.807, 2.05) is 18.5 Å². The maximum absolute atomic E-state index is 6.50. The van der Waals surface area contributed by atoms with Crippen molar-refractivity contribution in [3.63, 3.8) is 0 Å². The monoisotopic (exact) mass is 539 g/mol. The van der Waals surface area contributed by atoms with Gasteiger partial charge in [0.25, 0.3) is 0 Å². The third-order valence-corrected chi connectivity index (χ3v) is 13.3. The Hall–Kier alpha value is -3.77. The van der Waals surface area contributed by atoms with Crippen molar-refractivity contribution < 1.29 is 9.31 Å². The molecule has 5 heteroatoms. The third-order valence-electron chi connectivity index (χ3n) is 8.55. The molecule has 1 aliphatic rings. The molecule has 0 amide bonds. The van der Waals surface area contributed by atoms with Crippen molar-refractivity contribution >= 4 is 41.4 Å². The van der Waals surface area contributed by atoms with E-state index in [4.69, 9.17) is 9.31 Å². The largest absolute Gasteiger partial charge is 0.494 e. The van der Waals surface area contributed by atoms with E-state index in [1.54, 1.807) is 0 Å². The Kier molecular flexibility index (Phi) is 6.83. The molecular weight excluding hydrogens is 505 g/mol. The van der Waals surface area contributed by atoms with Gasteiger partial charge in [-0.25, -0.2) is 0 Å². The van der Waals surface area contributed by atoms with Gasteiger partial charge in [-0.15, -0.1) is 0 Å². The van der Waals surface area contributed by atoms with Crippen LogP contribution in [0.5, 0.6) is 0 Å². The normalized spacial score (nSPS) is 16.1. The van der Waals surface area contributed by atoms with Gasteiger partial charge in [0.1, 0.15) is 0 Å². The standard InChI is InChI=1S/C35H34BNO2Si/c1-34(2)35(3,4)39-36(38-34)29-16-12-22-33(25-29)40(30-17-7-5-8-18-30,31-19-9-6-10-20-31)32-21-11-14-27(24-32)28-15-13-23-37-26-28/h5-26H,1-4H3. The number of aromatic nitrogens is 1. The van der Waals surface area contributed by atoms with Crippen LogP contribution >= 0.6 is 0 Å². The van der Waals surface area contributed by atoms with Crippen molar-refractivity contribution in [2.45, 2.75) is 38.9 Å². The van der Waals surface area contributed by atoms with Gasteiger partial charge in [-0.1, -0.05) is 115 Å². The molecule has 1 aromatic heterocycles. The number of hydrogen-bond donors (Lipinski definition) is 0. The van der Waals surface area contributed by atoms with Crippen LogP contribution in [0.15, 0.2) is 134 Å². The zero-order valence-corrected chi connectivity index (χ0v) is 24.5. The quantitative estimate of drug-likeness (QED) is 0.237. The molecule has 1 fully saturated rings. The summed E-state index contributed by atoms with van der Waals surface area (Å²) in [5.74, 6) is 0. The van der Waals surface area contributed by atoms with Crippen LogP contribution in [-0.4, -0.2) is 31.4 Å². The van der Waals surface area contributed by atoms with Crippen LogP contribution in [0.2, 0.25) is 0 Å². The molecule has 0 bridgehead atoms. The number of hydrogen-bond acceptors (Lipinski definition) is 3. The minimum Gasteiger partial charge on any atom is -0.399 e. The van der Waals surface area contributed by atoms with Crippen molar-refractivity contribution in [1.82, 2.24) is 4.98 Å². The average Bonchev–Trinajstić information content (AvgIpc) is 3.22. The predicted octanol–water partition coefficient (Wildman–Crippen LogP) is 4.43. The Morgan fingerprint density at radius 2 is 1.07 bits per heavy atom. The van der Waals surface area contributed by atoms with E-state index < -0.39 is 26.4 Å². The second-order valence-electron chi connectivity index (χ2n) is 11.5. The van der Waals surface area contributed by atoms with Gasteiger partial charge in [0.2, 0.25) is 0 Å². The third kappa shape index (κ3) is 4.54. The van der Waals surface area contributed by atoms with Crippen molar-refractivity contribution in [3.8, 4) is 11.1 Å². The summed E-state index contributed by atoms with van der Waals surface area (Å²) in [6.07, 6.45) is 3.76. The first-order valence-electron chi connectivity index (χ1n) is 13.9. The van der Waals surface area contributed by atoms with E-state index in [-0.39, 0.29) is 0 Å². The van der Waals surface area contributed by atoms with Crippen LogP contribution in [0, 0.1) is 0 Å². The lowest BCUT2D eigenvalue weighted by Crippen LogP contribution is -2.75. The Balaban J connectivity index is 1.61. The molecule has 0 unspecified atom stereocenters. The molecule has 0 spiro atoms. The zero-order valence-electron chi connectivity index (χ0n) is 23.5. The second kappa shape index (κ2) is 10.3. The van der Waals surface area contributed by atoms with Crippen molar-refractivity contribution in [2.75, 3.05) is 0 Å². The minimum atomic E-state index is -2.75. The van der Waals surface area contributed by atoms with Crippen LogP contribution in [0.25, 0.3) is 11.1 Å². The van der Waals surface area contributed by atoms with Crippen LogP contribution in [0.1, 0.15) is 27.7 Å². The van der Waals surface area contributed by atoms with Gasteiger partial charge < -0.3 is 9.31 Å². The van der Waals surface area contributed by atoms with Gasteiger partial charge in [0.05, 0.1) is 11.2 Å². The molecule has 1 aliphatic heterocycles. The predicted molar refractivity (Wildman–Crippen MR) is 169 cm³/mol. The lowest BCUT2D eigenvalue weighted by Gasteiger charge is -2.35. The van der Waals surface area contributed by atoms with Gasteiger partial charge >= 0.3 is 7.12 Å². The summed E-state index contributed by atoms with van der Waals surface area (Å²) < 4.78 is 13.0. The van der Waals surface area contributed by atoms with Crippen LogP contribution in [-0.2, 0) is 9.31 Å². The van der Waals surface area contributed by atoms with Gasteiger partial charge in [-0.05, 0) is 71.1 Å². The lowest BCUT2D eigenvalue weighted by atomic mass is 9.79. The topological polar surface area (TPSA) is 31.4 Å². The highest BCUT2D eigenvalue weighted by Gasteiger charge is 2.52. The molecule has 0 saturated carbocycles. The summed E-state index contributed by atoms with van der Waals surface area (Å²) in [5, 5.41) is 5.27. The molecule has 6 rings (SSSR count). The molecule has 40 heavy (non-hydrogen) atoms. The van der Waals surface area contributed by atoms with Gasteiger partial charge in [0.15, 0.2) is 8.07 Å². The van der Waals surface area contributed by atoms with E-state index in [0.29, 0.717) is 0 Å². The highest BCUT2D eigenvalue weighted by Crippen LogP contribution is 2.36. The van der Waals surface area contributed by atoms with Gasteiger partial charge in [-0.3, -0.25) is 4.98 Å². The molecule has 5 aromatic rings. The van der Waals surface area contributed by atoms with Crippen molar-refractivity contribution in [1.29, 1.82) is 0 Å². The van der Waals surface area contributed by atoms with Crippen LogP contribution < -0.4 is 26.2 Å². The first kappa shape index (κ1) is 26.5. The lowest BCUT2D eigenvalue weighted by molar-refractivity contribution is 0.00578. The maximum atomic E-state index is 6.50. The molecular formula is C35H34BNO2Si. The summed E-state index contributed by atoms with van der Waals surface area (Å²) in [6.45, 7) is 8.42. The fraction of sp³-hybridized carbons (Fsp3) is 0.171. The van der Waals surface area contributed by atoms with E-state index in [1.165, 1.54) is 20.7 Å². The Labute approximate surface area is 239 Å². The van der Waals surface area contributed by atoms with E-state index >= 15 is 0 Å². The summed E-state index contributed by atoms with van der Waals surface area (Å²) in [5.41, 5.74) is 2.51. The van der Waals surface area contributed by atoms with Crippen LogP contribution in [0.4, 0.5) is 0 Å². The molecule has 2 heterocycles. The van der Waals surface area contributed by atoms with E-state index in [0.717, 1.165) is 16.6 Å². The highest BCUT2D eigenvalue weighted by molar-refractivity contribution is 7.20. The summed E-state index contributed by atoms with van der Waals surface area (Å²) in [6, 6.07) is 44.0. The first-order chi connectivity index (χ1) is 19.3. The minimum absolute atomic E-state index is 0.404. The van der Waals surface area contributed by atoms with Crippen molar-refractivity contribution in [3.05, 3.63) is 134 Å². The summed E-state index contributed by atoms with van der Waals surface area (Å²) in [4.78, 5) is 4.39. The molecule has 198 valence electrons. The molecule has 0 radical (unpaired) electrons. The number of pyridine rings is 1. The van der Waals surface area contributed by atoms with Gasteiger partial charge in [0, 0.05) is 12.4 Å².